The molecule has 2 rings (SSSR count). The van der Waals surface area contributed by atoms with Crippen molar-refractivity contribution in [1.82, 2.24) is 10.2 Å². The largest absolute Gasteiger partial charge is 0.298 e. The molecule has 0 aromatic heterocycles. The standard InChI is InChI=1S/C16H29N3/c1-4-19(15-7-5-6-8-15)13(2)11-16(3,12-17)18-14-9-10-14/h13-15,18H,4-11H2,1-3H3. The SMILES string of the molecule is CCN(C(C)CC(C)(C#N)NC1CC1)C1CCCC1. The maximum absolute atomic E-state index is 9.50. The fourth-order valence-corrected chi connectivity index (χ4v) is 3.69. The fraction of sp³-hybridized carbons (Fsp3) is 0.938. The van der Waals surface area contributed by atoms with E-state index in [9.17, 15) is 5.26 Å². The Bertz CT molecular complexity index is 325. The fourth-order valence-electron chi connectivity index (χ4n) is 3.69. The van der Waals surface area contributed by atoms with Crippen molar-refractivity contribution in [2.24, 2.45) is 0 Å². The molecule has 0 radical (unpaired) electrons. The van der Waals surface area contributed by atoms with Gasteiger partial charge in [0, 0.05) is 18.1 Å². The second-order valence-corrected chi connectivity index (χ2v) is 6.68. The van der Waals surface area contributed by atoms with Gasteiger partial charge in [0.15, 0.2) is 0 Å². The van der Waals surface area contributed by atoms with Gasteiger partial charge in [-0.05, 0) is 52.5 Å². The lowest BCUT2D eigenvalue weighted by Gasteiger charge is -2.37. The molecule has 2 unspecified atom stereocenters. The summed E-state index contributed by atoms with van der Waals surface area (Å²) in [5.41, 5.74) is -0.355. The van der Waals surface area contributed by atoms with Crippen LogP contribution >= 0.6 is 0 Å². The van der Waals surface area contributed by atoms with E-state index in [0.717, 1.165) is 19.0 Å². The van der Waals surface area contributed by atoms with E-state index in [0.29, 0.717) is 12.1 Å². The van der Waals surface area contributed by atoms with Crippen molar-refractivity contribution >= 4 is 0 Å². The van der Waals surface area contributed by atoms with E-state index in [-0.39, 0.29) is 5.54 Å². The summed E-state index contributed by atoms with van der Waals surface area (Å²) < 4.78 is 0. The molecule has 19 heavy (non-hydrogen) atoms. The van der Waals surface area contributed by atoms with E-state index >= 15 is 0 Å². The predicted octanol–water partition coefficient (Wildman–Crippen LogP) is 3.06. The van der Waals surface area contributed by atoms with Crippen LogP contribution < -0.4 is 5.32 Å². The van der Waals surface area contributed by atoms with E-state index in [2.05, 4.69) is 37.1 Å². The van der Waals surface area contributed by atoms with Gasteiger partial charge in [0.25, 0.3) is 0 Å². The molecule has 0 spiro atoms. The molecule has 108 valence electrons. The zero-order chi connectivity index (χ0) is 13.9. The van der Waals surface area contributed by atoms with Crippen LogP contribution in [-0.4, -0.2) is 35.1 Å². The minimum Gasteiger partial charge on any atom is -0.298 e. The lowest BCUT2D eigenvalue weighted by Crippen LogP contribution is -2.50. The molecule has 0 amide bonds. The molecule has 2 saturated carbocycles. The lowest BCUT2D eigenvalue weighted by atomic mass is 9.93. The molecule has 1 N–H and O–H groups in total. The minimum atomic E-state index is -0.355. The summed E-state index contributed by atoms with van der Waals surface area (Å²) in [6.45, 7) is 7.74. The van der Waals surface area contributed by atoms with Crippen molar-refractivity contribution in [1.29, 1.82) is 5.26 Å². The summed E-state index contributed by atoms with van der Waals surface area (Å²) in [6, 6.07) is 4.35. The molecule has 3 heteroatoms. The number of rotatable bonds is 7. The first-order valence-corrected chi connectivity index (χ1v) is 8.02. The predicted molar refractivity (Wildman–Crippen MR) is 78.9 cm³/mol. The van der Waals surface area contributed by atoms with Crippen molar-refractivity contribution in [3.63, 3.8) is 0 Å². The first-order valence-electron chi connectivity index (χ1n) is 8.02. The summed E-state index contributed by atoms with van der Waals surface area (Å²) in [4.78, 5) is 2.62. The molecule has 0 aromatic rings. The Balaban J connectivity index is 1.92. The van der Waals surface area contributed by atoms with Gasteiger partial charge in [-0.3, -0.25) is 10.2 Å². The van der Waals surface area contributed by atoms with Crippen LogP contribution in [0.25, 0.3) is 0 Å². The molecule has 3 nitrogen and oxygen atoms in total. The van der Waals surface area contributed by atoms with Crippen LogP contribution in [-0.2, 0) is 0 Å². The first kappa shape index (κ1) is 14.8. The van der Waals surface area contributed by atoms with Crippen molar-refractivity contribution in [2.75, 3.05) is 6.54 Å². The highest BCUT2D eigenvalue weighted by Crippen LogP contribution is 2.29. The van der Waals surface area contributed by atoms with Gasteiger partial charge in [0.1, 0.15) is 5.54 Å². The highest BCUT2D eigenvalue weighted by molar-refractivity contribution is 5.08. The van der Waals surface area contributed by atoms with Gasteiger partial charge in [-0.15, -0.1) is 0 Å². The van der Waals surface area contributed by atoms with E-state index in [1.807, 2.05) is 0 Å². The monoisotopic (exact) mass is 263 g/mol. The molecule has 2 aliphatic rings. The van der Waals surface area contributed by atoms with Crippen molar-refractivity contribution in [3.8, 4) is 6.07 Å². The molecule has 0 heterocycles. The first-order chi connectivity index (χ1) is 9.08. The zero-order valence-electron chi connectivity index (χ0n) is 12.8. The number of nitriles is 1. The zero-order valence-corrected chi connectivity index (χ0v) is 12.8. The topological polar surface area (TPSA) is 39.1 Å². The second kappa shape index (κ2) is 6.24. The third-order valence-corrected chi connectivity index (χ3v) is 4.78. The van der Waals surface area contributed by atoms with Gasteiger partial charge < -0.3 is 0 Å². The number of nitrogens with zero attached hydrogens (tertiary/aromatic N) is 2. The minimum absolute atomic E-state index is 0.355. The van der Waals surface area contributed by atoms with Crippen LogP contribution in [0.3, 0.4) is 0 Å². The maximum Gasteiger partial charge on any atom is 0.105 e. The number of hydrogen-bond acceptors (Lipinski definition) is 3. The Morgan fingerprint density at radius 2 is 1.95 bits per heavy atom. The summed E-state index contributed by atoms with van der Waals surface area (Å²) in [6.07, 6.45) is 8.87. The van der Waals surface area contributed by atoms with Gasteiger partial charge in [-0.2, -0.15) is 5.26 Å². The van der Waals surface area contributed by atoms with Gasteiger partial charge in [-0.1, -0.05) is 19.8 Å². The van der Waals surface area contributed by atoms with Gasteiger partial charge >= 0.3 is 0 Å². The number of nitrogens with one attached hydrogen (secondary N) is 1. The smallest absolute Gasteiger partial charge is 0.105 e. The van der Waals surface area contributed by atoms with E-state index in [1.54, 1.807) is 0 Å². The summed E-state index contributed by atoms with van der Waals surface area (Å²) in [5.74, 6) is 0. The molecular formula is C16H29N3. The molecule has 0 aromatic carbocycles. The molecular weight excluding hydrogens is 234 g/mol. The van der Waals surface area contributed by atoms with E-state index in [1.165, 1.54) is 38.5 Å². The second-order valence-electron chi connectivity index (χ2n) is 6.68. The highest BCUT2D eigenvalue weighted by atomic mass is 15.2. The number of hydrogen-bond donors (Lipinski definition) is 1. The molecule has 0 saturated heterocycles. The third kappa shape index (κ3) is 3.94. The summed E-state index contributed by atoms with van der Waals surface area (Å²) in [5, 5.41) is 13.0. The van der Waals surface area contributed by atoms with Crippen LogP contribution in [0.15, 0.2) is 0 Å². The Labute approximate surface area is 118 Å². The van der Waals surface area contributed by atoms with E-state index in [4.69, 9.17) is 0 Å². The van der Waals surface area contributed by atoms with E-state index < -0.39 is 0 Å². The summed E-state index contributed by atoms with van der Waals surface area (Å²) in [7, 11) is 0. The Morgan fingerprint density at radius 1 is 1.32 bits per heavy atom. The normalized spacial score (nSPS) is 25.2. The molecule has 2 aliphatic carbocycles. The Morgan fingerprint density at radius 3 is 2.42 bits per heavy atom. The average Bonchev–Trinajstić information content (AvgIpc) is 3.02. The van der Waals surface area contributed by atoms with Gasteiger partial charge in [-0.25, -0.2) is 0 Å². The van der Waals surface area contributed by atoms with Gasteiger partial charge in [0.05, 0.1) is 6.07 Å². The van der Waals surface area contributed by atoms with Crippen molar-refractivity contribution in [3.05, 3.63) is 0 Å². The molecule has 0 aliphatic heterocycles. The molecule has 0 bridgehead atoms. The highest BCUT2D eigenvalue weighted by Gasteiger charge is 2.36. The van der Waals surface area contributed by atoms with Crippen LogP contribution in [0.2, 0.25) is 0 Å². The van der Waals surface area contributed by atoms with Crippen LogP contribution in [0.5, 0.6) is 0 Å². The van der Waals surface area contributed by atoms with Crippen molar-refractivity contribution in [2.45, 2.75) is 89.4 Å². The summed E-state index contributed by atoms with van der Waals surface area (Å²) >= 11 is 0. The molecule has 2 fully saturated rings. The Hall–Kier alpha value is -0.590. The maximum atomic E-state index is 9.50. The van der Waals surface area contributed by atoms with Crippen LogP contribution in [0.1, 0.15) is 65.7 Å². The average molecular weight is 263 g/mol. The van der Waals surface area contributed by atoms with Gasteiger partial charge in [0.2, 0.25) is 0 Å². The Kier molecular flexibility index (Phi) is 4.86. The quantitative estimate of drug-likeness (QED) is 0.767. The van der Waals surface area contributed by atoms with Crippen LogP contribution in [0, 0.1) is 11.3 Å². The lowest BCUT2D eigenvalue weighted by molar-refractivity contribution is 0.130. The molecule has 2 atom stereocenters. The van der Waals surface area contributed by atoms with Crippen molar-refractivity contribution < 1.29 is 0 Å². The van der Waals surface area contributed by atoms with Crippen LogP contribution in [0.4, 0.5) is 0 Å². The third-order valence-electron chi connectivity index (χ3n) is 4.78.